The van der Waals surface area contributed by atoms with Crippen LogP contribution in [0, 0.1) is 21.8 Å². The molecule has 0 aliphatic carbocycles. The van der Waals surface area contributed by atoms with Gasteiger partial charge in [-0.3, -0.25) is 14.9 Å². The van der Waals surface area contributed by atoms with E-state index in [0.717, 1.165) is 22.3 Å². The highest BCUT2D eigenvalue weighted by atomic mass is 19.1. The molecule has 1 N–H and O–H groups in total. The van der Waals surface area contributed by atoms with Gasteiger partial charge in [0.15, 0.2) is 0 Å². The van der Waals surface area contributed by atoms with Crippen LogP contribution >= 0.6 is 0 Å². The van der Waals surface area contributed by atoms with Crippen LogP contribution in [0.5, 0.6) is 0 Å². The molecule has 0 aliphatic heterocycles. The van der Waals surface area contributed by atoms with Crippen LogP contribution in [0.4, 0.5) is 10.1 Å². The third kappa shape index (κ3) is 6.43. The first-order valence-corrected chi connectivity index (χ1v) is 14.5. The first-order valence-electron chi connectivity index (χ1n) is 14.5. The van der Waals surface area contributed by atoms with Gasteiger partial charge < -0.3 is 9.52 Å². The molecule has 0 bridgehead atoms. The number of aliphatic carboxylic acids is 1. The summed E-state index contributed by atoms with van der Waals surface area (Å²) in [6.45, 7) is 0. The van der Waals surface area contributed by atoms with Crippen molar-refractivity contribution in [2.75, 3.05) is 0 Å². The van der Waals surface area contributed by atoms with Gasteiger partial charge in [0.05, 0.1) is 21.8 Å². The standard InChI is InChI=1S/C38H28FNO5/c39-32-12-7-13-34-37(32)36(35(45-34)23-26-10-5-2-6-11-26)29-18-14-27(15-19-29)30-20-16-28(33(24-30)40(43)44)17-21-31(38(41)42)22-25-8-3-1-4-9-25/h1-21,24,31H,22-23H2,(H,41,42)/b21-17+. The number of rotatable bonds is 10. The highest BCUT2D eigenvalue weighted by molar-refractivity contribution is 5.96. The Bertz CT molecular complexity index is 2020. The van der Waals surface area contributed by atoms with Gasteiger partial charge in [0.2, 0.25) is 0 Å². The first kappa shape index (κ1) is 29.3. The highest BCUT2D eigenvalue weighted by Gasteiger charge is 2.21. The Labute approximate surface area is 258 Å². The molecular weight excluding hydrogens is 569 g/mol. The predicted octanol–water partition coefficient (Wildman–Crippen LogP) is 9.36. The smallest absolute Gasteiger partial charge is 0.310 e. The molecule has 0 saturated heterocycles. The zero-order valence-electron chi connectivity index (χ0n) is 24.1. The molecule has 7 heteroatoms. The lowest BCUT2D eigenvalue weighted by atomic mass is 9.95. The molecule has 6 nitrogen and oxygen atoms in total. The lowest BCUT2D eigenvalue weighted by molar-refractivity contribution is -0.385. The molecule has 6 aromatic rings. The molecule has 1 atom stereocenters. The number of benzene rings is 5. The van der Waals surface area contributed by atoms with Crippen LogP contribution in [0.1, 0.15) is 22.5 Å². The van der Waals surface area contributed by atoms with Gasteiger partial charge in [0.1, 0.15) is 17.2 Å². The average molecular weight is 598 g/mol. The summed E-state index contributed by atoms with van der Waals surface area (Å²) in [6, 6.07) is 36.1. The van der Waals surface area contributed by atoms with E-state index in [2.05, 4.69) is 0 Å². The van der Waals surface area contributed by atoms with Crippen LogP contribution in [0.25, 0.3) is 39.3 Å². The highest BCUT2D eigenvalue weighted by Crippen LogP contribution is 2.39. The first-order chi connectivity index (χ1) is 21.9. The summed E-state index contributed by atoms with van der Waals surface area (Å²) >= 11 is 0. The Morgan fingerprint density at radius 3 is 2.13 bits per heavy atom. The predicted molar refractivity (Wildman–Crippen MR) is 173 cm³/mol. The topological polar surface area (TPSA) is 93.6 Å². The molecule has 0 amide bonds. The largest absolute Gasteiger partial charge is 0.481 e. The number of halogens is 1. The second kappa shape index (κ2) is 12.8. The van der Waals surface area contributed by atoms with Gasteiger partial charge in [-0.05, 0) is 52.4 Å². The second-order valence-corrected chi connectivity index (χ2v) is 10.8. The Morgan fingerprint density at radius 2 is 1.47 bits per heavy atom. The summed E-state index contributed by atoms with van der Waals surface area (Å²) in [5.74, 6) is -1.57. The number of nitrogens with zero attached hydrogens (tertiary/aromatic N) is 1. The number of hydrogen-bond acceptors (Lipinski definition) is 4. The lowest BCUT2D eigenvalue weighted by Gasteiger charge is -2.09. The van der Waals surface area contributed by atoms with Crippen molar-refractivity contribution in [3.8, 4) is 22.3 Å². The molecule has 0 aliphatic rings. The quantitative estimate of drug-likeness (QED) is 0.125. The number of hydrogen-bond donors (Lipinski definition) is 1. The van der Waals surface area contributed by atoms with E-state index in [1.165, 1.54) is 24.3 Å². The van der Waals surface area contributed by atoms with E-state index < -0.39 is 16.8 Å². The summed E-state index contributed by atoms with van der Waals surface area (Å²) < 4.78 is 21.2. The minimum absolute atomic E-state index is 0.135. The summed E-state index contributed by atoms with van der Waals surface area (Å²) in [4.78, 5) is 23.5. The summed E-state index contributed by atoms with van der Waals surface area (Å²) in [7, 11) is 0. The Morgan fingerprint density at radius 1 is 0.822 bits per heavy atom. The summed E-state index contributed by atoms with van der Waals surface area (Å²) in [5.41, 5.74) is 5.34. The third-order valence-electron chi connectivity index (χ3n) is 7.80. The minimum Gasteiger partial charge on any atom is -0.481 e. The molecule has 1 aromatic heterocycles. The van der Waals surface area contributed by atoms with E-state index in [1.54, 1.807) is 24.3 Å². The van der Waals surface area contributed by atoms with Crippen LogP contribution in [0.15, 0.2) is 132 Å². The van der Waals surface area contributed by atoms with E-state index in [9.17, 15) is 20.0 Å². The molecule has 0 radical (unpaired) electrons. The fourth-order valence-electron chi connectivity index (χ4n) is 5.54. The third-order valence-corrected chi connectivity index (χ3v) is 7.80. The van der Waals surface area contributed by atoms with Gasteiger partial charge in [0.25, 0.3) is 5.69 Å². The Balaban J connectivity index is 1.31. The zero-order chi connectivity index (χ0) is 31.3. The number of nitro benzene ring substituents is 1. The minimum atomic E-state index is -1.01. The average Bonchev–Trinajstić information content (AvgIpc) is 3.43. The van der Waals surface area contributed by atoms with Gasteiger partial charge in [-0.2, -0.15) is 0 Å². The van der Waals surface area contributed by atoms with E-state index in [0.29, 0.717) is 39.8 Å². The second-order valence-electron chi connectivity index (χ2n) is 10.8. The van der Waals surface area contributed by atoms with Gasteiger partial charge in [-0.25, -0.2) is 4.39 Å². The van der Waals surface area contributed by atoms with E-state index >= 15 is 4.39 Å². The van der Waals surface area contributed by atoms with Gasteiger partial charge >= 0.3 is 5.97 Å². The summed E-state index contributed by atoms with van der Waals surface area (Å²) in [5, 5.41) is 22.2. The molecule has 0 spiro atoms. The van der Waals surface area contributed by atoms with Crippen molar-refractivity contribution in [3.05, 3.63) is 166 Å². The Kier molecular flexibility index (Phi) is 8.33. The maximum Gasteiger partial charge on any atom is 0.310 e. The molecule has 222 valence electrons. The number of carboxylic acid groups (broad SMARTS) is 1. The zero-order valence-corrected chi connectivity index (χ0v) is 24.1. The van der Waals surface area contributed by atoms with Crippen LogP contribution < -0.4 is 0 Å². The van der Waals surface area contributed by atoms with Crippen molar-refractivity contribution < 1.29 is 23.6 Å². The van der Waals surface area contributed by atoms with Crippen molar-refractivity contribution in [2.45, 2.75) is 12.8 Å². The van der Waals surface area contributed by atoms with E-state index in [1.807, 2.05) is 84.9 Å². The van der Waals surface area contributed by atoms with Crippen molar-refractivity contribution in [3.63, 3.8) is 0 Å². The van der Waals surface area contributed by atoms with Crippen LogP contribution in [0.3, 0.4) is 0 Å². The fourth-order valence-corrected chi connectivity index (χ4v) is 5.54. The number of nitro groups is 1. The SMILES string of the molecule is O=C(O)C(/C=C/c1ccc(-c2ccc(-c3c(Cc4ccccc4)oc4cccc(F)c34)cc2)cc1[N+](=O)[O-])Cc1ccccc1. The van der Waals surface area contributed by atoms with Crippen molar-refractivity contribution >= 4 is 28.7 Å². The molecule has 6 rings (SSSR count). The number of fused-ring (bicyclic) bond motifs is 1. The van der Waals surface area contributed by atoms with E-state index in [4.69, 9.17) is 4.42 Å². The van der Waals surface area contributed by atoms with Crippen LogP contribution in [0.2, 0.25) is 0 Å². The molecular formula is C38H28FNO5. The number of furan rings is 1. The fraction of sp³-hybridized carbons (Fsp3) is 0.0789. The van der Waals surface area contributed by atoms with Crippen molar-refractivity contribution in [1.82, 2.24) is 0 Å². The van der Waals surface area contributed by atoms with Crippen LogP contribution in [-0.2, 0) is 17.6 Å². The van der Waals surface area contributed by atoms with Crippen LogP contribution in [-0.4, -0.2) is 16.0 Å². The molecule has 0 saturated carbocycles. The molecule has 0 fully saturated rings. The number of carbonyl (C=O) groups is 1. The maximum absolute atomic E-state index is 15.1. The molecule has 1 unspecified atom stereocenters. The van der Waals surface area contributed by atoms with Gasteiger partial charge in [0, 0.05) is 18.1 Å². The maximum atomic E-state index is 15.1. The van der Waals surface area contributed by atoms with E-state index in [-0.39, 0.29) is 17.9 Å². The number of carboxylic acids is 1. The molecule has 1 heterocycles. The van der Waals surface area contributed by atoms with Gasteiger partial charge in [-0.1, -0.05) is 109 Å². The van der Waals surface area contributed by atoms with Crippen molar-refractivity contribution in [1.29, 1.82) is 0 Å². The summed E-state index contributed by atoms with van der Waals surface area (Å²) in [6.07, 6.45) is 3.75. The van der Waals surface area contributed by atoms with Gasteiger partial charge in [-0.15, -0.1) is 0 Å². The monoisotopic (exact) mass is 597 g/mol. The normalized spacial score (nSPS) is 12.0. The van der Waals surface area contributed by atoms with Crippen molar-refractivity contribution in [2.24, 2.45) is 5.92 Å². The molecule has 5 aromatic carbocycles. The lowest BCUT2D eigenvalue weighted by Crippen LogP contribution is -2.13. The molecule has 45 heavy (non-hydrogen) atoms. The Hall–Kier alpha value is -5.82.